The molecule has 0 atom stereocenters. The number of halogens is 5. The van der Waals surface area contributed by atoms with E-state index in [9.17, 15) is 32.5 Å². The van der Waals surface area contributed by atoms with Gasteiger partial charge in [-0.1, -0.05) is 12.1 Å². The van der Waals surface area contributed by atoms with Gasteiger partial charge in [0.1, 0.15) is 17.5 Å². The molecule has 0 fully saturated rings. The maximum atomic E-state index is 14.2. The van der Waals surface area contributed by atoms with Crippen molar-refractivity contribution in [1.29, 1.82) is 0 Å². The van der Waals surface area contributed by atoms with Gasteiger partial charge in [-0.15, -0.1) is 0 Å². The molecule has 0 unspecified atom stereocenters. The molecule has 0 saturated heterocycles. The SMILES string of the molecule is CCn1c(C=O)nc2cc(F)c(-c3ccc(F)cc3)cc21.O=[N+]([O-])c1cc(F)c(Br)cc1F. The average molecular weight is 524 g/mol. The molecule has 4 aromatic rings. The zero-order chi connectivity index (χ0) is 24.3. The van der Waals surface area contributed by atoms with Crippen LogP contribution in [0.25, 0.3) is 22.2 Å². The van der Waals surface area contributed by atoms with Crippen LogP contribution in [0.1, 0.15) is 17.5 Å². The fraction of sp³-hybridized carbons (Fsp3) is 0.0909. The van der Waals surface area contributed by atoms with Crippen LogP contribution in [-0.2, 0) is 6.54 Å². The number of nitro benzene ring substituents is 1. The molecule has 0 aliphatic rings. The summed E-state index contributed by atoms with van der Waals surface area (Å²) in [6.07, 6.45) is 0.652. The summed E-state index contributed by atoms with van der Waals surface area (Å²) in [6.45, 7) is 2.44. The summed E-state index contributed by atoms with van der Waals surface area (Å²) in [5.41, 5.74) is 1.18. The number of aldehydes is 1. The molecule has 0 spiro atoms. The summed E-state index contributed by atoms with van der Waals surface area (Å²) in [4.78, 5) is 24.2. The van der Waals surface area contributed by atoms with Gasteiger partial charge in [0.2, 0.25) is 5.82 Å². The number of rotatable bonds is 4. The van der Waals surface area contributed by atoms with Gasteiger partial charge in [-0.25, -0.2) is 18.2 Å². The average Bonchev–Trinajstić information content (AvgIpc) is 3.13. The maximum absolute atomic E-state index is 14.2. The molecular weight excluding hydrogens is 510 g/mol. The van der Waals surface area contributed by atoms with Gasteiger partial charge in [-0.2, -0.15) is 4.39 Å². The second-order valence-corrected chi connectivity index (χ2v) is 7.49. The van der Waals surface area contributed by atoms with Crippen molar-refractivity contribution in [3.05, 3.63) is 92.2 Å². The molecule has 11 heteroatoms. The third-order valence-electron chi connectivity index (χ3n) is 4.63. The predicted octanol–water partition coefficient (Wildman–Crippen LogP) is 6.45. The van der Waals surface area contributed by atoms with E-state index in [0.29, 0.717) is 47.1 Å². The van der Waals surface area contributed by atoms with Crippen LogP contribution in [0.5, 0.6) is 0 Å². The third-order valence-corrected chi connectivity index (χ3v) is 5.24. The zero-order valence-electron chi connectivity index (χ0n) is 16.9. The van der Waals surface area contributed by atoms with E-state index in [1.54, 1.807) is 10.6 Å². The zero-order valence-corrected chi connectivity index (χ0v) is 18.4. The first-order valence-corrected chi connectivity index (χ1v) is 10.1. The lowest BCUT2D eigenvalue weighted by atomic mass is 10.0. The Morgan fingerprint density at radius 3 is 2.27 bits per heavy atom. The van der Waals surface area contributed by atoms with Gasteiger partial charge >= 0.3 is 5.69 Å². The summed E-state index contributed by atoms with van der Waals surface area (Å²) in [6, 6.07) is 9.79. The van der Waals surface area contributed by atoms with E-state index in [1.165, 1.54) is 30.3 Å². The topological polar surface area (TPSA) is 78.0 Å². The predicted molar refractivity (Wildman–Crippen MR) is 117 cm³/mol. The van der Waals surface area contributed by atoms with Crippen LogP contribution in [0.4, 0.5) is 23.2 Å². The normalized spacial score (nSPS) is 10.6. The van der Waals surface area contributed by atoms with E-state index in [4.69, 9.17) is 0 Å². The van der Waals surface area contributed by atoms with Crippen molar-refractivity contribution in [1.82, 2.24) is 9.55 Å². The molecule has 0 saturated carbocycles. The number of nitrogens with zero attached hydrogens (tertiary/aromatic N) is 3. The lowest BCUT2D eigenvalue weighted by molar-refractivity contribution is -0.387. The Kier molecular flexibility index (Phi) is 7.22. The molecule has 1 aromatic heterocycles. The minimum Gasteiger partial charge on any atom is -0.322 e. The fourth-order valence-corrected chi connectivity index (χ4v) is 3.40. The Labute approximate surface area is 192 Å². The van der Waals surface area contributed by atoms with Gasteiger partial charge in [-0.05, 0) is 52.7 Å². The molecule has 0 amide bonds. The lowest BCUT2D eigenvalue weighted by Crippen LogP contribution is -2.00. The molecule has 0 aliphatic heterocycles. The number of imidazole rings is 1. The van der Waals surface area contributed by atoms with Crippen molar-refractivity contribution in [2.75, 3.05) is 0 Å². The number of benzene rings is 3. The van der Waals surface area contributed by atoms with Crippen molar-refractivity contribution in [3.8, 4) is 11.1 Å². The molecule has 0 aliphatic carbocycles. The number of fused-ring (bicyclic) bond motifs is 1. The number of aromatic nitrogens is 2. The molecule has 0 radical (unpaired) electrons. The van der Waals surface area contributed by atoms with Gasteiger partial charge < -0.3 is 4.57 Å². The van der Waals surface area contributed by atoms with Crippen LogP contribution in [0.2, 0.25) is 0 Å². The number of nitro groups is 1. The third kappa shape index (κ3) is 5.08. The second kappa shape index (κ2) is 9.90. The molecular formula is C22H14BrF4N3O3. The van der Waals surface area contributed by atoms with E-state index < -0.39 is 28.1 Å². The van der Waals surface area contributed by atoms with E-state index in [2.05, 4.69) is 20.9 Å². The van der Waals surface area contributed by atoms with Crippen LogP contribution in [0.15, 0.2) is 53.0 Å². The summed E-state index contributed by atoms with van der Waals surface area (Å²) < 4.78 is 54.0. The highest BCUT2D eigenvalue weighted by Crippen LogP contribution is 2.28. The molecule has 33 heavy (non-hydrogen) atoms. The maximum Gasteiger partial charge on any atom is 0.307 e. The standard InChI is InChI=1S/C16H12F2N2O.C6H2BrF2NO2/c1-2-20-15-7-12(10-3-5-11(17)6-4-10)13(18)8-14(15)19-16(20)9-21;7-3-1-5(9)6(10(11)12)2-4(3)8/h3-9H,2H2,1H3;1-2H. The molecule has 0 bridgehead atoms. The number of aryl methyl sites for hydroxylation is 1. The summed E-state index contributed by atoms with van der Waals surface area (Å²) >= 11 is 2.69. The minimum absolute atomic E-state index is 0.134. The molecule has 4 rings (SSSR count). The molecule has 0 N–H and O–H groups in total. The van der Waals surface area contributed by atoms with Crippen LogP contribution >= 0.6 is 15.9 Å². The number of hydrogen-bond acceptors (Lipinski definition) is 4. The fourth-order valence-electron chi connectivity index (χ4n) is 3.09. The highest BCUT2D eigenvalue weighted by Gasteiger charge is 2.17. The summed E-state index contributed by atoms with van der Waals surface area (Å²) in [7, 11) is 0. The Hall–Kier alpha value is -3.60. The van der Waals surface area contributed by atoms with Crippen LogP contribution < -0.4 is 0 Å². The smallest absolute Gasteiger partial charge is 0.307 e. The van der Waals surface area contributed by atoms with Gasteiger partial charge in [0.05, 0.1) is 26.5 Å². The molecule has 1 heterocycles. The minimum atomic E-state index is -1.06. The highest BCUT2D eigenvalue weighted by atomic mass is 79.9. The molecule has 170 valence electrons. The van der Waals surface area contributed by atoms with Gasteiger partial charge in [-0.3, -0.25) is 14.9 Å². The molecule has 6 nitrogen and oxygen atoms in total. The molecule has 3 aromatic carbocycles. The Bertz CT molecular complexity index is 1360. The van der Waals surface area contributed by atoms with E-state index >= 15 is 0 Å². The number of carbonyl (C=O) groups excluding carboxylic acids is 1. The largest absolute Gasteiger partial charge is 0.322 e. The Balaban J connectivity index is 0.000000218. The second-order valence-electron chi connectivity index (χ2n) is 6.63. The van der Waals surface area contributed by atoms with E-state index in [0.717, 1.165) is 0 Å². The van der Waals surface area contributed by atoms with Crippen molar-refractivity contribution in [2.45, 2.75) is 13.5 Å². The summed E-state index contributed by atoms with van der Waals surface area (Å²) in [5.74, 6) is -2.48. The number of carbonyl (C=O) groups is 1. The van der Waals surface area contributed by atoms with Crippen LogP contribution in [0.3, 0.4) is 0 Å². The lowest BCUT2D eigenvalue weighted by Gasteiger charge is -2.06. The van der Waals surface area contributed by atoms with Crippen LogP contribution in [0, 0.1) is 33.4 Å². The number of hydrogen-bond donors (Lipinski definition) is 0. The van der Waals surface area contributed by atoms with Crippen molar-refractivity contribution < 1.29 is 27.3 Å². The van der Waals surface area contributed by atoms with Gasteiger partial charge in [0.25, 0.3) is 0 Å². The Morgan fingerprint density at radius 1 is 1.03 bits per heavy atom. The monoisotopic (exact) mass is 523 g/mol. The Morgan fingerprint density at radius 2 is 1.70 bits per heavy atom. The van der Waals surface area contributed by atoms with Gasteiger partial charge in [0, 0.05) is 18.2 Å². The quantitative estimate of drug-likeness (QED) is 0.101. The van der Waals surface area contributed by atoms with Gasteiger partial charge in [0.15, 0.2) is 12.1 Å². The first kappa shape index (κ1) is 24.1. The summed E-state index contributed by atoms with van der Waals surface area (Å²) in [5, 5.41) is 10.1. The van der Waals surface area contributed by atoms with Crippen molar-refractivity contribution in [3.63, 3.8) is 0 Å². The first-order chi connectivity index (χ1) is 15.7. The van der Waals surface area contributed by atoms with Crippen molar-refractivity contribution in [2.24, 2.45) is 0 Å². The highest BCUT2D eigenvalue weighted by molar-refractivity contribution is 9.10. The van der Waals surface area contributed by atoms with E-state index in [1.807, 2.05) is 6.92 Å². The van der Waals surface area contributed by atoms with Crippen molar-refractivity contribution >= 4 is 38.9 Å². The van der Waals surface area contributed by atoms with Crippen LogP contribution in [-0.4, -0.2) is 20.8 Å². The first-order valence-electron chi connectivity index (χ1n) is 9.36. The van der Waals surface area contributed by atoms with E-state index in [-0.39, 0.29) is 16.1 Å².